The summed E-state index contributed by atoms with van der Waals surface area (Å²) in [5.74, 6) is -0.0672. The average molecular weight is 713 g/mol. The van der Waals surface area contributed by atoms with Crippen molar-refractivity contribution >= 4 is 16.9 Å². The van der Waals surface area contributed by atoms with Gasteiger partial charge in [-0.1, -0.05) is 18.2 Å². The van der Waals surface area contributed by atoms with Crippen molar-refractivity contribution in [2.75, 3.05) is 49.2 Å². The van der Waals surface area contributed by atoms with Crippen LogP contribution in [0.25, 0.3) is 10.9 Å². The molecule has 0 fully saturated rings. The fourth-order valence-electron chi connectivity index (χ4n) is 6.90. The first-order chi connectivity index (χ1) is 25.1. The molecule has 6 rings (SSSR count). The Bertz CT molecular complexity index is 2220. The van der Waals surface area contributed by atoms with Gasteiger partial charge in [-0.2, -0.15) is 0 Å². The molecule has 0 aliphatic carbocycles. The van der Waals surface area contributed by atoms with Crippen molar-refractivity contribution in [1.29, 1.82) is 0 Å². The zero-order valence-corrected chi connectivity index (χ0v) is 29.7. The van der Waals surface area contributed by atoms with E-state index >= 15 is 0 Å². The molecule has 0 radical (unpaired) electrons. The third kappa shape index (κ3) is 6.74. The van der Waals surface area contributed by atoms with Gasteiger partial charge < -0.3 is 42.9 Å². The largest absolute Gasteiger partial charge is 0.502 e. The predicted octanol–water partition coefficient (Wildman–Crippen LogP) is 5.07. The number of fused-ring (bicyclic) bond motifs is 2. The van der Waals surface area contributed by atoms with Gasteiger partial charge in [0.05, 0.1) is 67.6 Å². The molecule has 272 valence electrons. The standard InChI is InChI=1S/C39H40N2O11/c1-46-30-14-21-11-12-41(35(25(21)18-31(30)47-2)23-15-32(48-3)38(51-6)33(16-23)49-4)20-24-17-29(42)36(44)37(52-24)26(19-34(43)50-5)27-13-22-9-7-8-10-28(22)40-39(27)45/h7-10,13-18,26,35,44H,11-12,19-20H2,1-6H3,(H,40,45). The van der Waals surface area contributed by atoms with E-state index in [9.17, 15) is 19.5 Å². The second kappa shape index (κ2) is 15.1. The number of methoxy groups -OCH3 is 6. The molecule has 0 spiro atoms. The van der Waals surface area contributed by atoms with E-state index < -0.39 is 34.7 Å². The number of carbonyl (C=O) groups is 1. The number of H-pyrrole nitrogens is 1. The van der Waals surface area contributed by atoms with Gasteiger partial charge in [-0.25, -0.2) is 0 Å². The summed E-state index contributed by atoms with van der Waals surface area (Å²) in [6.07, 6.45) is 0.244. The molecule has 0 saturated carbocycles. The molecular weight excluding hydrogens is 672 g/mol. The molecule has 2 unspecified atom stereocenters. The van der Waals surface area contributed by atoms with Gasteiger partial charge in [-0.15, -0.1) is 0 Å². The van der Waals surface area contributed by atoms with Crippen molar-refractivity contribution in [2.45, 2.75) is 31.3 Å². The fraction of sp³-hybridized carbons (Fsp3) is 0.308. The van der Waals surface area contributed by atoms with E-state index in [1.54, 1.807) is 52.7 Å². The molecule has 0 bridgehead atoms. The summed E-state index contributed by atoms with van der Waals surface area (Å²) in [4.78, 5) is 44.5. The maximum atomic E-state index is 13.4. The van der Waals surface area contributed by atoms with Gasteiger partial charge in [-0.3, -0.25) is 19.3 Å². The van der Waals surface area contributed by atoms with Gasteiger partial charge in [0.25, 0.3) is 5.56 Å². The molecule has 0 saturated heterocycles. The zero-order valence-electron chi connectivity index (χ0n) is 29.7. The lowest BCUT2D eigenvalue weighted by atomic mass is 9.87. The molecule has 5 aromatic rings. The Labute approximate surface area is 299 Å². The molecular formula is C39H40N2O11. The minimum absolute atomic E-state index is 0.0939. The molecule has 1 aliphatic rings. The van der Waals surface area contributed by atoms with Crippen LogP contribution in [0.4, 0.5) is 0 Å². The molecule has 0 amide bonds. The number of carbonyl (C=O) groups excluding carboxylic acids is 1. The van der Waals surface area contributed by atoms with E-state index in [0.717, 1.165) is 16.7 Å². The quantitative estimate of drug-likeness (QED) is 0.166. The number of benzene rings is 3. The number of hydrogen-bond acceptors (Lipinski definition) is 12. The number of esters is 1. The van der Waals surface area contributed by atoms with Gasteiger partial charge in [0.2, 0.25) is 16.9 Å². The first-order valence-corrected chi connectivity index (χ1v) is 16.5. The summed E-state index contributed by atoms with van der Waals surface area (Å²) in [5.41, 5.74) is 2.21. The summed E-state index contributed by atoms with van der Waals surface area (Å²) in [6.45, 7) is 0.607. The second-order valence-electron chi connectivity index (χ2n) is 12.3. The lowest BCUT2D eigenvalue weighted by Crippen LogP contribution is -2.36. The van der Waals surface area contributed by atoms with Crippen LogP contribution < -0.4 is 34.7 Å². The van der Waals surface area contributed by atoms with Crippen molar-refractivity contribution in [3.8, 4) is 34.5 Å². The number of ether oxygens (including phenoxy) is 6. The molecule has 3 aromatic carbocycles. The fourth-order valence-corrected chi connectivity index (χ4v) is 6.90. The molecule has 13 nitrogen and oxygen atoms in total. The van der Waals surface area contributed by atoms with Gasteiger partial charge in [0.15, 0.2) is 28.8 Å². The van der Waals surface area contributed by atoms with Crippen LogP contribution in [0, 0.1) is 0 Å². The highest BCUT2D eigenvalue weighted by Gasteiger charge is 2.34. The summed E-state index contributed by atoms with van der Waals surface area (Å²) in [7, 11) is 8.98. The first-order valence-electron chi connectivity index (χ1n) is 16.5. The number of nitrogens with one attached hydrogen (secondary N) is 1. The predicted molar refractivity (Wildman–Crippen MR) is 191 cm³/mol. The van der Waals surface area contributed by atoms with Gasteiger partial charge in [0, 0.05) is 23.7 Å². The molecule has 52 heavy (non-hydrogen) atoms. The van der Waals surface area contributed by atoms with Gasteiger partial charge in [0.1, 0.15) is 5.76 Å². The van der Waals surface area contributed by atoms with Gasteiger partial charge >= 0.3 is 5.97 Å². The SMILES string of the molecule is COC(=O)CC(c1oc(CN2CCc3cc(OC)c(OC)cc3C2c2cc(OC)c(OC)c(OC)c2)cc(=O)c1O)c1cc2ccccc2[nH]c1=O. The molecule has 2 N–H and O–H groups in total. The smallest absolute Gasteiger partial charge is 0.306 e. The summed E-state index contributed by atoms with van der Waals surface area (Å²) in [6, 6.07) is 17.1. The molecule has 3 heterocycles. The Balaban J connectivity index is 1.50. The number of nitrogens with zero attached hydrogens (tertiary/aromatic N) is 1. The number of hydrogen-bond donors (Lipinski definition) is 2. The second-order valence-corrected chi connectivity index (χ2v) is 12.3. The van der Waals surface area contributed by atoms with Crippen LogP contribution in [0.3, 0.4) is 0 Å². The maximum absolute atomic E-state index is 13.4. The van der Waals surface area contributed by atoms with Crippen molar-refractivity contribution < 1.29 is 42.7 Å². The van der Waals surface area contributed by atoms with Crippen LogP contribution in [0.1, 0.15) is 52.2 Å². The maximum Gasteiger partial charge on any atom is 0.306 e. The van der Waals surface area contributed by atoms with Crippen LogP contribution in [-0.2, 0) is 22.5 Å². The highest BCUT2D eigenvalue weighted by molar-refractivity contribution is 5.79. The Morgan fingerprint density at radius 3 is 2.21 bits per heavy atom. The van der Waals surface area contributed by atoms with Crippen LogP contribution in [0.2, 0.25) is 0 Å². The van der Waals surface area contributed by atoms with E-state index in [1.807, 2.05) is 30.3 Å². The Morgan fingerprint density at radius 1 is 0.885 bits per heavy atom. The van der Waals surface area contributed by atoms with Crippen LogP contribution in [0.5, 0.6) is 34.5 Å². The lowest BCUT2D eigenvalue weighted by Gasteiger charge is -2.38. The number of aromatic hydroxyl groups is 1. The molecule has 1 aliphatic heterocycles. The normalized spacial score (nSPS) is 14.7. The van der Waals surface area contributed by atoms with E-state index in [2.05, 4.69) is 9.88 Å². The minimum atomic E-state index is -1.14. The van der Waals surface area contributed by atoms with Crippen LogP contribution in [-0.4, -0.2) is 70.2 Å². The summed E-state index contributed by atoms with van der Waals surface area (Å²) < 4.78 is 39.6. The number of rotatable bonds is 12. The highest BCUT2D eigenvalue weighted by Crippen LogP contribution is 2.46. The Morgan fingerprint density at radius 2 is 1.56 bits per heavy atom. The van der Waals surface area contributed by atoms with Crippen LogP contribution in [0.15, 0.2) is 74.7 Å². The van der Waals surface area contributed by atoms with E-state index in [0.29, 0.717) is 52.6 Å². The lowest BCUT2D eigenvalue weighted by molar-refractivity contribution is -0.140. The minimum Gasteiger partial charge on any atom is -0.502 e. The number of pyridine rings is 1. The number of para-hydroxylation sites is 1. The van der Waals surface area contributed by atoms with Crippen molar-refractivity contribution in [2.24, 2.45) is 0 Å². The third-order valence-electron chi connectivity index (χ3n) is 9.41. The van der Waals surface area contributed by atoms with Crippen molar-refractivity contribution in [3.05, 3.63) is 115 Å². The Kier molecular flexibility index (Phi) is 10.4. The zero-order chi connectivity index (χ0) is 37.1. The van der Waals surface area contributed by atoms with Gasteiger partial charge in [-0.05, 0) is 64.9 Å². The van der Waals surface area contributed by atoms with E-state index in [4.69, 9.17) is 32.8 Å². The van der Waals surface area contributed by atoms with Crippen molar-refractivity contribution in [1.82, 2.24) is 9.88 Å². The number of aromatic nitrogens is 1. The third-order valence-corrected chi connectivity index (χ3v) is 9.41. The highest BCUT2D eigenvalue weighted by atomic mass is 16.5. The van der Waals surface area contributed by atoms with Crippen LogP contribution >= 0.6 is 0 Å². The average Bonchev–Trinajstić information content (AvgIpc) is 3.16. The topological polar surface area (TPSA) is 159 Å². The van der Waals surface area contributed by atoms with E-state index in [1.165, 1.54) is 20.3 Å². The molecule has 13 heteroatoms. The summed E-state index contributed by atoms with van der Waals surface area (Å²) >= 11 is 0. The summed E-state index contributed by atoms with van der Waals surface area (Å²) in [5, 5.41) is 11.8. The van der Waals surface area contributed by atoms with E-state index in [-0.39, 0.29) is 30.0 Å². The molecule has 2 aromatic heterocycles. The monoisotopic (exact) mass is 712 g/mol. The number of aromatic amines is 1. The van der Waals surface area contributed by atoms with Crippen molar-refractivity contribution in [3.63, 3.8) is 0 Å². The Hall–Kier alpha value is -5.95. The molecule has 2 atom stereocenters. The first kappa shape index (κ1) is 35.9.